The fraction of sp³-hybridized carbons (Fsp3) is 0.263. The molecular formula is C19H23N3O4S. The van der Waals surface area contributed by atoms with E-state index in [1.165, 1.54) is 0 Å². The van der Waals surface area contributed by atoms with Gasteiger partial charge in [0.1, 0.15) is 0 Å². The number of benzene rings is 2. The van der Waals surface area contributed by atoms with E-state index in [1.807, 2.05) is 6.92 Å². The second-order valence-electron chi connectivity index (χ2n) is 6.26. The standard InChI is InChI=1S/C19H23N3O4S/c1-13-6-7-17(14(2)10-13)27(25,26)22-9-8-18(23)21-12-15-4-3-5-16(11-15)19(20)24/h3-7,10-11,22H,8-9,12H2,1-2H3,(H2,20,24)(H,21,23). The van der Waals surface area contributed by atoms with Gasteiger partial charge in [0.2, 0.25) is 21.8 Å². The van der Waals surface area contributed by atoms with E-state index in [9.17, 15) is 18.0 Å². The second-order valence-corrected chi connectivity index (χ2v) is 7.99. The predicted octanol–water partition coefficient (Wildman–Crippen LogP) is 1.39. The number of primary amides is 1. The molecule has 144 valence electrons. The lowest BCUT2D eigenvalue weighted by atomic mass is 10.1. The number of hydrogen-bond acceptors (Lipinski definition) is 4. The molecule has 0 aliphatic heterocycles. The molecule has 0 aromatic heterocycles. The van der Waals surface area contributed by atoms with Crippen LogP contribution in [0, 0.1) is 13.8 Å². The van der Waals surface area contributed by atoms with Gasteiger partial charge in [0.15, 0.2) is 0 Å². The molecule has 0 radical (unpaired) electrons. The Bertz CT molecular complexity index is 955. The first-order valence-corrected chi connectivity index (χ1v) is 9.90. The molecule has 0 aliphatic carbocycles. The number of aryl methyl sites for hydroxylation is 2. The first-order valence-electron chi connectivity index (χ1n) is 8.41. The van der Waals surface area contributed by atoms with Crippen LogP contribution in [-0.4, -0.2) is 26.8 Å². The highest BCUT2D eigenvalue weighted by atomic mass is 32.2. The van der Waals surface area contributed by atoms with Crippen molar-refractivity contribution in [3.8, 4) is 0 Å². The van der Waals surface area contributed by atoms with Crippen molar-refractivity contribution in [2.75, 3.05) is 6.54 Å². The van der Waals surface area contributed by atoms with Crippen molar-refractivity contribution in [1.29, 1.82) is 0 Å². The molecule has 0 heterocycles. The molecule has 0 saturated heterocycles. The molecule has 0 unspecified atom stereocenters. The molecule has 2 aromatic rings. The summed E-state index contributed by atoms with van der Waals surface area (Å²) in [4.78, 5) is 23.3. The number of carbonyl (C=O) groups excluding carboxylic acids is 2. The van der Waals surface area contributed by atoms with Crippen molar-refractivity contribution in [2.45, 2.75) is 31.7 Å². The molecule has 7 nitrogen and oxygen atoms in total. The normalized spacial score (nSPS) is 11.2. The highest BCUT2D eigenvalue weighted by Gasteiger charge is 2.16. The van der Waals surface area contributed by atoms with Crippen molar-refractivity contribution in [1.82, 2.24) is 10.0 Å². The Morgan fingerprint density at radius 2 is 1.81 bits per heavy atom. The molecule has 27 heavy (non-hydrogen) atoms. The molecule has 0 bridgehead atoms. The van der Waals surface area contributed by atoms with Gasteiger partial charge < -0.3 is 11.1 Å². The van der Waals surface area contributed by atoms with Gasteiger partial charge in [0.25, 0.3) is 0 Å². The summed E-state index contributed by atoms with van der Waals surface area (Å²) in [6.45, 7) is 3.83. The van der Waals surface area contributed by atoms with Crippen LogP contribution in [0.15, 0.2) is 47.4 Å². The van der Waals surface area contributed by atoms with E-state index in [1.54, 1.807) is 49.4 Å². The Morgan fingerprint density at radius 1 is 1.07 bits per heavy atom. The van der Waals surface area contributed by atoms with Crippen LogP contribution in [0.5, 0.6) is 0 Å². The van der Waals surface area contributed by atoms with Crippen LogP contribution in [0.4, 0.5) is 0 Å². The third-order valence-electron chi connectivity index (χ3n) is 3.97. The van der Waals surface area contributed by atoms with Crippen molar-refractivity contribution >= 4 is 21.8 Å². The third kappa shape index (κ3) is 5.90. The summed E-state index contributed by atoms with van der Waals surface area (Å²) < 4.78 is 27.1. The fourth-order valence-electron chi connectivity index (χ4n) is 2.60. The third-order valence-corrected chi connectivity index (χ3v) is 5.59. The average molecular weight is 389 g/mol. The molecule has 8 heteroatoms. The van der Waals surface area contributed by atoms with Crippen LogP contribution in [0.2, 0.25) is 0 Å². The lowest BCUT2D eigenvalue weighted by Crippen LogP contribution is -2.31. The smallest absolute Gasteiger partial charge is 0.248 e. The summed E-state index contributed by atoms with van der Waals surface area (Å²) in [6.07, 6.45) is -0.000348. The van der Waals surface area contributed by atoms with Gasteiger partial charge in [-0.3, -0.25) is 9.59 Å². The van der Waals surface area contributed by atoms with Gasteiger partial charge in [-0.05, 0) is 43.2 Å². The molecule has 4 N–H and O–H groups in total. The molecule has 0 aliphatic rings. The summed E-state index contributed by atoms with van der Waals surface area (Å²) in [7, 11) is -3.67. The van der Waals surface area contributed by atoms with E-state index in [0.717, 1.165) is 11.1 Å². The summed E-state index contributed by atoms with van der Waals surface area (Å²) in [6, 6.07) is 11.7. The molecule has 2 amide bonds. The van der Waals surface area contributed by atoms with Crippen LogP contribution in [0.3, 0.4) is 0 Å². The van der Waals surface area contributed by atoms with Gasteiger partial charge >= 0.3 is 0 Å². The Kier molecular flexibility index (Phi) is 6.70. The van der Waals surface area contributed by atoms with Gasteiger partial charge in [-0.2, -0.15) is 0 Å². The van der Waals surface area contributed by atoms with Gasteiger partial charge in [-0.1, -0.05) is 29.8 Å². The largest absolute Gasteiger partial charge is 0.366 e. The van der Waals surface area contributed by atoms with Crippen LogP contribution >= 0.6 is 0 Å². The van der Waals surface area contributed by atoms with Crippen LogP contribution in [0.25, 0.3) is 0 Å². The van der Waals surface area contributed by atoms with Gasteiger partial charge in [-0.25, -0.2) is 13.1 Å². The van der Waals surface area contributed by atoms with Crippen LogP contribution in [-0.2, 0) is 21.4 Å². The molecule has 2 rings (SSSR count). The Morgan fingerprint density at radius 3 is 2.48 bits per heavy atom. The summed E-state index contributed by atoms with van der Waals surface area (Å²) in [5.41, 5.74) is 7.95. The Hall–Kier alpha value is -2.71. The van der Waals surface area contributed by atoms with Crippen molar-refractivity contribution < 1.29 is 18.0 Å². The first-order chi connectivity index (χ1) is 12.7. The number of sulfonamides is 1. The molecule has 0 fully saturated rings. The summed E-state index contributed by atoms with van der Waals surface area (Å²) in [5.74, 6) is -0.841. The molecular weight excluding hydrogens is 366 g/mol. The van der Waals surface area contributed by atoms with E-state index >= 15 is 0 Å². The minimum atomic E-state index is -3.67. The van der Waals surface area contributed by atoms with E-state index in [4.69, 9.17) is 5.73 Å². The molecule has 0 saturated carbocycles. The van der Waals surface area contributed by atoms with E-state index in [0.29, 0.717) is 11.1 Å². The maximum atomic E-state index is 12.3. The number of amides is 2. The topological polar surface area (TPSA) is 118 Å². The number of hydrogen-bond donors (Lipinski definition) is 3. The minimum absolute atomic E-state index is 0.000348. The molecule has 0 spiro atoms. The number of carbonyl (C=O) groups is 2. The van der Waals surface area contributed by atoms with Crippen molar-refractivity contribution in [3.63, 3.8) is 0 Å². The SMILES string of the molecule is Cc1ccc(S(=O)(=O)NCCC(=O)NCc2cccc(C(N)=O)c2)c(C)c1. The molecule has 0 atom stereocenters. The fourth-order valence-corrected chi connectivity index (χ4v) is 3.86. The van der Waals surface area contributed by atoms with E-state index in [-0.39, 0.29) is 30.3 Å². The number of rotatable bonds is 8. The highest BCUT2D eigenvalue weighted by Crippen LogP contribution is 2.16. The first kappa shape index (κ1) is 20.6. The van der Waals surface area contributed by atoms with E-state index < -0.39 is 15.9 Å². The lowest BCUT2D eigenvalue weighted by molar-refractivity contribution is -0.121. The average Bonchev–Trinajstić information content (AvgIpc) is 2.59. The zero-order chi connectivity index (χ0) is 20.0. The number of nitrogens with one attached hydrogen (secondary N) is 2. The zero-order valence-corrected chi connectivity index (χ0v) is 16.1. The van der Waals surface area contributed by atoms with Crippen molar-refractivity contribution in [3.05, 3.63) is 64.7 Å². The maximum absolute atomic E-state index is 12.3. The van der Waals surface area contributed by atoms with E-state index in [2.05, 4.69) is 10.0 Å². The zero-order valence-electron chi connectivity index (χ0n) is 15.3. The Balaban J connectivity index is 1.85. The quantitative estimate of drug-likeness (QED) is 0.632. The van der Waals surface area contributed by atoms with Crippen LogP contribution < -0.4 is 15.8 Å². The van der Waals surface area contributed by atoms with Crippen LogP contribution in [0.1, 0.15) is 33.5 Å². The maximum Gasteiger partial charge on any atom is 0.248 e. The minimum Gasteiger partial charge on any atom is -0.366 e. The van der Waals surface area contributed by atoms with Crippen molar-refractivity contribution in [2.24, 2.45) is 5.73 Å². The number of nitrogens with two attached hydrogens (primary N) is 1. The van der Waals surface area contributed by atoms with Gasteiger partial charge in [0.05, 0.1) is 4.90 Å². The molecule has 2 aromatic carbocycles. The lowest BCUT2D eigenvalue weighted by Gasteiger charge is -2.10. The predicted molar refractivity (Wildman–Crippen MR) is 103 cm³/mol. The second kappa shape index (κ2) is 8.79. The Labute approximate surface area is 159 Å². The highest BCUT2D eigenvalue weighted by molar-refractivity contribution is 7.89. The van der Waals surface area contributed by atoms with Gasteiger partial charge in [-0.15, -0.1) is 0 Å². The monoisotopic (exact) mass is 389 g/mol. The van der Waals surface area contributed by atoms with Gasteiger partial charge in [0, 0.05) is 25.1 Å². The summed E-state index contributed by atoms with van der Waals surface area (Å²) in [5, 5.41) is 2.68. The summed E-state index contributed by atoms with van der Waals surface area (Å²) >= 11 is 0.